The van der Waals surface area contributed by atoms with Gasteiger partial charge in [-0.3, -0.25) is 9.59 Å². The smallest absolute Gasteiger partial charge is 0.264 e. The summed E-state index contributed by atoms with van der Waals surface area (Å²) in [5.74, 6) is -0.131. The van der Waals surface area contributed by atoms with Crippen LogP contribution < -0.4 is 10.9 Å². The lowest BCUT2D eigenvalue weighted by molar-refractivity contribution is 0.0470. The third-order valence-electron chi connectivity index (χ3n) is 5.45. The fraction of sp³-hybridized carbons (Fsp3) is 0.400. The van der Waals surface area contributed by atoms with E-state index in [0.717, 1.165) is 17.5 Å². The van der Waals surface area contributed by atoms with Crippen molar-refractivity contribution in [3.8, 4) is 0 Å². The average molecular weight is 337 g/mol. The number of piperazine rings is 1. The maximum Gasteiger partial charge on any atom is 0.264 e. The standard InChI is InChI=1S/C20H23N3O2/c1-13-8-9-23(14(2)15-6-4-3-5-7-15)20(25)18(13)19(24)22-11-16-10-17(12-22)21-16/h3-9,14,16-17,21H,10-12H2,1-2H3. The largest absolute Gasteiger partial charge is 0.335 e. The van der Waals surface area contributed by atoms with Crippen LogP contribution in [0, 0.1) is 6.92 Å². The topological polar surface area (TPSA) is 54.3 Å². The average Bonchev–Trinajstić information content (AvgIpc) is 2.61. The van der Waals surface area contributed by atoms with Crippen LogP contribution in [0.3, 0.4) is 0 Å². The van der Waals surface area contributed by atoms with E-state index in [1.807, 2.05) is 55.1 Å². The Bertz CT molecular complexity index is 843. The van der Waals surface area contributed by atoms with Crippen molar-refractivity contribution in [3.63, 3.8) is 0 Å². The van der Waals surface area contributed by atoms with Crippen LogP contribution in [-0.2, 0) is 0 Å². The first-order valence-corrected chi connectivity index (χ1v) is 8.86. The van der Waals surface area contributed by atoms with E-state index >= 15 is 0 Å². The molecular weight excluding hydrogens is 314 g/mol. The highest BCUT2D eigenvalue weighted by Crippen LogP contribution is 2.23. The monoisotopic (exact) mass is 337 g/mol. The molecule has 0 spiro atoms. The number of fused-ring (bicyclic) bond motifs is 2. The SMILES string of the molecule is Cc1ccn(C(C)c2ccccc2)c(=O)c1C(=O)N1CC2CC(C1)N2. The normalized spacial score (nSPS) is 23.0. The lowest BCUT2D eigenvalue weighted by Gasteiger charge is -2.48. The first-order chi connectivity index (χ1) is 12.0. The Balaban J connectivity index is 1.69. The number of aryl methyl sites for hydroxylation is 1. The predicted octanol–water partition coefficient (Wildman–Crippen LogP) is 1.95. The van der Waals surface area contributed by atoms with Crippen LogP contribution >= 0.6 is 0 Å². The van der Waals surface area contributed by atoms with Crippen LogP contribution in [0.25, 0.3) is 0 Å². The quantitative estimate of drug-likeness (QED) is 0.931. The summed E-state index contributed by atoms with van der Waals surface area (Å²) in [6, 6.07) is 12.4. The summed E-state index contributed by atoms with van der Waals surface area (Å²) in [6.45, 7) is 5.21. The molecule has 3 atom stereocenters. The number of rotatable bonds is 3. The molecule has 0 radical (unpaired) electrons. The highest BCUT2D eigenvalue weighted by atomic mass is 16.2. The molecule has 4 heterocycles. The molecule has 1 aromatic heterocycles. The van der Waals surface area contributed by atoms with E-state index in [1.165, 1.54) is 0 Å². The Morgan fingerprint density at radius 2 is 1.80 bits per heavy atom. The minimum atomic E-state index is -0.200. The van der Waals surface area contributed by atoms with Crippen molar-refractivity contribution >= 4 is 5.91 Å². The fourth-order valence-corrected chi connectivity index (χ4v) is 3.94. The van der Waals surface area contributed by atoms with E-state index in [1.54, 1.807) is 10.8 Å². The van der Waals surface area contributed by atoms with E-state index in [9.17, 15) is 9.59 Å². The zero-order chi connectivity index (χ0) is 17.6. The second-order valence-corrected chi connectivity index (χ2v) is 7.18. The van der Waals surface area contributed by atoms with E-state index in [-0.39, 0.29) is 17.5 Å². The van der Waals surface area contributed by atoms with Gasteiger partial charge in [0.05, 0.1) is 6.04 Å². The third-order valence-corrected chi connectivity index (χ3v) is 5.45. The molecule has 1 amide bonds. The van der Waals surface area contributed by atoms with Gasteiger partial charge in [0.1, 0.15) is 5.56 Å². The molecule has 1 aromatic carbocycles. The molecule has 3 aliphatic rings. The molecule has 1 N–H and O–H groups in total. The maximum absolute atomic E-state index is 13.1. The molecule has 2 bridgehead atoms. The van der Waals surface area contributed by atoms with Gasteiger partial charge in [-0.2, -0.15) is 0 Å². The van der Waals surface area contributed by atoms with E-state index in [0.29, 0.717) is 30.7 Å². The number of hydrogen-bond acceptors (Lipinski definition) is 3. The van der Waals surface area contributed by atoms with Crippen LogP contribution in [0.1, 0.15) is 40.9 Å². The minimum Gasteiger partial charge on any atom is -0.335 e. The highest BCUT2D eigenvalue weighted by molar-refractivity contribution is 5.95. The van der Waals surface area contributed by atoms with Gasteiger partial charge in [-0.15, -0.1) is 0 Å². The molecular formula is C20H23N3O2. The van der Waals surface area contributed by atoms with Crippen molar-refractivity contribution in [2.75, 3.05) is 13.1 Å². The van der Waals surface area contributed by atoms with Crippen molar-refractivity contribution in [3.05, 3.63) is 69.6 Å². The van der Waals surface area contributed by atoms with E-state index < -0.39 is 0 Å². The van der Waals surface area contributed by atoms with Gasteiger partial charge in [0, 0.05) is 31.4 Å². The number of amides is 1. The van der Waals surface area contributed by atoms with Gasteiger partial charge in [-0.05, 0) is 37.5 Å². The Morgan fingerprint density at radius 3 is 2.44 bits per heavy atom. The summed E-state index contributed by atoms with van der Waals surface area (Å²) in [6.07, 6.45) is 2.92. The van der Waals surface area contributed by atoms with E-state index in [2.05, 4.69) is 5.32 Å². The number of aromatic nitrogens is 1. The number of nitrogens with one attached hydrogen (secondary N) is 1. The van der Waals surface area contributed by atoms with Crippen molar-refractivity contribution < 1.29 is 4.79 Å². The first-order valence-electron chi connectivity index (χ1n) is 8.86. The second kappa shape index (κ2) is 6.15. The summed E-state index contributed by atoms with van der Waals surface area (Å²) in [7, 11) is 0. The molecule has 5 heteroatoms. The Hall–Kier alpha value is -2.40. The molecule has 3 aliphatic heterocycles. The molecule has 5 rings (SSSR count). The number of piperidine rings is 1. The molecule has 3 unspecified atom stereocenters. The van der Waals surface area contributed by atoms with Gasteiger partial charge in [-0.1, -0.05) is 30.3 Å². The van der Waals surface area contributed by atoms with Gasteiger partial charge >= 0.3 is 0 Å². The molecule has 5 nitrogen and oxygen atoms in total. The molecule has 3 fully saturated rings. The zero-order valence-corrected chi connectivity index (χ0v) is 14.6. The van der Waals surface area contributed by atoms with Gasteiger partial charge in [0.25, 0.3) is 11.5 Å². The van der Waals surface area contributed by atoms with Gasteiger partial charge in [0.2, 0.25) is 0 Å². The summed E-state index contributed by atoms with van der Waals surface area (Å²) >= 11 is 0. The Kier molecular flexibility index (Phi) is 3.96. The van der Waals surface area contributed by atoms with Crippen molar-refractivity contribution in [2.45, 2.75) is 38.4 Å². The fourth-order valence-electron chi connectivity index (χ4n) is 3.94. The zero-order valence-electron chi connectivity index (χ0n) is 14.6. The number of hydrogen-bond donors (Lipinski definition) is 1. The summed E-state index contributed by atoms with van der Waals surface area (Å²) < 4.78 is 1.67. The van der Waals surface area contributed by atoms with Crippen LogP contribution in [0.2, 0.25) is 0 Å². The highest BCUT2D eigenvalue weighted by Gasteiger charge is 2.39. The Labute approximate surface area is 147 Å². The van der Waals surface area contributed by atoms with Gasteiger partial charge in [0.15, 0.2) is 0 Å². The number of benzene rings is 1. The van der Waals surface area contributed by atoms with Crippen molar-refractivity contribution in [1.29, 1.82) is 0 Å². The van der Waals surface area contributed by atoms with Gasteiger partial charge in [-0.25, -0.2) is 0 Å². The van der Waals surface area contributed by atoms with E-state index in [4.69, 9.17) is 0 Å². The predicted molar refractivity (Wildman–Crippen MR) is 96.9 cm³/mol. The summed E-state index contributed by atoms with van der Waals surface area (Å²) in [5, 5.41) is 3.42. The maximum atomic E-state index is 13.1. The van der Waals surface area contributed by atoms with Crippen LogP contribution in [-0.4, -0.2) is 40.5 Å². The molecule has 25 heavy (non-hydrogen) atoms. The molecule has 130 valence electrons. The molecule has 0 saturated carbocycles. The lowest BCUT2D eigenvalue weighted by atomic mass is 9.91. The van der Waals surface area contributed by atoms with Crippen molar-refractivity contribution in [2.24, 2.45) is 0 Å². The summed E-state index contributed by atoms with van der Waals surface area (Å²) in [4.78, 5) is 27.9. The lowest BCUT2D eigenvalue weighted by Crippen LogP contribution is -2.67. The number of carbonyl (C=O) groups excluding carboxylic acids is 1. The van der Waals surface area contributed by atoms with Crippen LogP contribution in [0.15, 0.2) is 47.4 Å². The van der Waals surface area contributed by atoms with Crippen LogP contribution in [0.4, 0.5) is 0 Å². The molecule has 3 saturated heterocycles. The minimum absolute atomic E-state index is 0.114. The summed E-state index contributed by atoms with van der Waals surface area (Å²) in [5.41, 5.74) is 1.91. The number of nitrogens with zero attached hydrogens (tertiary/aromatic N) is 2. The third kappa shape index (κ3) is 2.78. The molecule has 0 aliphatic carbocycles. The molecule has 2 aromatic rings. The number of pyridine rings is 1. The van der Waals surface area contributed by atoms with Crippen molar-refractivity contribution in [1.82, 2.24) is 14.8 Å². The Morgan fingerprint density at radius 1 is 1.16 bits per heavy atom. The number of carbonyl (C=O) groups is 1. The van der Waals surface area contributed by atoms with Crippen LogP contribution in [0.5, 0.6) is 0 Å². The van der Waals surface area contributed by atoms with Gasteiger partial charge < -0.3 is 14.8 Å². The second-order valence-electron chi connectivity index (χ2n) is 7.18. The first kappa shape index (κ1) is 16.1.